The van der Waals surface area contributed by atoms with Gasteiger partial charge in [-0.25, -0.2) is 5.43 Å². The van der Waals surface area contributed by atoms with E-state index in [1.54, 1.807) is 7.11 Å². The number of nitrogens with zero attached hydrogens (tertiary/aromatic N) is 1. The molecule has 0 aromatic heterocycles. The van der Waals surface area contributed by atoms with Crippen LogP contribution >= 0.6 is 0 Å². The standard InChI is InChI=1S/C16H21N3O4/c1-21-8-15(20)19-5-4-12-11(7-19)16(18-17-12)10-2-3-13-14(6-10)23-9-22-13/h2-3,6,11-12,16-18H,4-5,7-9H2,1H3. The zero-order valence-electron chi connectivity index (χ0n) is 13.1. The molecule has 0 aliphatic carbocycles. The lowest BCUT2D eigenvalue weighted by molar-refractivity contribution is -0.137. The van der Waals surface area contributed by atoms with Crippen LogP contribution in [0.5, 0.6) is 11.5 Å². The fraction of sp³-hybridized carbons (Fsp3) is 0.562. The number of methoxy groups -OCH3 is 1. The zero-order valence-corrected chi connectivity index (χ0v) is 13.1. The number of piperidine rings is 1. The first kappa shape index (κ1) is 14.7. The van der Waals surface area contributed by atoms with Crippen LogP contribution in [-0.2, 0) is 9.53 Å². The minimum absolute atomic E-state index is 0.0577. The van der Waals surface area contributed by atoms with Gasteiger partial charge in [-0.05, 0) is 24.1 Å². The molecule has 7 nitrogen and oxygen atoms in total. The molecule has 7 heteroatoms. The van der Waals surface area contributed by atoms with Gasteiger partial charge in [0.2, 0.25) is 12.7 Å². The van der Waals surface area contributed by atoms with Crippen molar-refractivity contribution in [1.29, 1.82) is 0 Å². The van der Waals surface area contributed by atoms with Crippen LogP contribution in [0.4, 0.5) is 0 Å². The van der Waals surface area contributed by atoms with Gasteiger partial charge in [0.1, 0.15) is 6.61 Å². The maximum Gasteiger partial charge on any atom is 0.248 e. The van der Waals surface area contributed by atoms with Crippen LogP contribution in [0.3, 0.4) is 0 Å². The van der Waals surface area contributed by atoms with E-state index in [1.165, 1.54) is 0 Å². The van der Waals surface area contributed by atoms with Gasteiger partial charge >= 0.3 is 0 Å². The van der Waals surface area contributed by atoms with Gasteiger partial charge in [-0.3, -0.25) is 10.2 Å². The second-order valence-electron chi connectivity index (χ2n) is 6.21. The molecule has 0 radical (unpaired) electrons. The summed E-state index contributed by atoms with van der Waals surface area (Å²) in [5.74, 6) is 1.96. The zero-order chi connectivity index (χ0) is 15.8. The minimum atomic E-state index is 0.0577. The third kappa shape index (κ3) is 2.65. The Kier molecular flexibility index (Phi) is 3.84. The monoisotopic (exact) mass is 319 g/mol. The van der Waals surface area contributed by atoms with Crippen molar-refractivity contribution >= 4 is 5.91 Å². The number of carbonyl (C=O) groups excluding carboxylic acids is 1. The van der Waals surface area contributed by atoms with Crippen LogP contribution < -0.4 is 20.3 Å². The molecule has 4 rings (SSSR count). The Morgan fingerprint density at radius 1 is 1.35 bits per heavy atom. The molecule has 2 fully saturated rings. The molecule has 0 spiro atoms. The second-order valence-corrected chi connectivity index (χ2v) is 6.21. The molecule has 3 unspecified atom stereocenters. The Hall–Kier alpha value is -1.83. The highest BCUT2D eigenvalue weighted by molar-refractivity contribution is 5.77. The molecule has 1 aromatic carbocycles. The summed E-state index contributed by atoms with van der Waals surface area (Å²) < 4.78 is 15.8. The molecule has 124 valence electrons. The van der Waals surface area contributed by atoms with Crippen molar-refractivity contribution in [2.45, 2.75) is 18.5 Å². The smallest absolute Gasteiger partial charge is 0.248 e. The normalized spacial score (nSPS) is 28.7. The van der Waals surface area contributed by atoms with Crippen LogP contribution in [0.2, 0.25) is 0 Å². The number of ether oxygens (including phenoxy) is 3. The lowest BCUT2D eigenvalue weighted by atomic mass is 9.85. The van der Waals surface area contributed by atoms with Gasteiger partial charge in [-0.15, -0.1) is 0 Å². The van der Waals surface area contributed by atoms with Gasteiger partial charge in [0, 0.05) is 32.2 Å². The van der Waals surface area contributed by atoms with Gasteiger partial charge in [-0.2, -0.15) is 0 Å². The highest BCUT2D eigenvalue weighted by Crippen LogP contribution is 2.39. The average molecular weight is 319 g/mol. The van der Waals surface area contributed by atoms with E-state index in [1.807, 2.05) is 17.0 Å². The van der Waals surface area contributed by atoms with Crippen molar-refractivity contribution in [3.05, 3.63) is 23.8 Å². The van der Waals surface area contributed by atoms with E-state index in [4.69, 9.17) is 14.2 Å². The summed E-state index contributed by atoms with van der Waals surface area (Å²) in [4.78, 5) is 14.0. The Morgan fingerprint density at radius 3 is 3.09 bits per heavy atom. The first-order valence-electron chi connectivity index (χ1n) is 7.93. The molecule has 1 aromatic rings. The van der Waals surface area contributed by atoms with E-state index in [9.17, 15) is 4.79 Å². The molecule has 3 aliphatic rings. The third-order valence-corrected chi connectivity index (χ3v) is 4.89. The second kappa shape index (κ2) is 5.99. The van der Waals surface area contributed by atoms with Crippen molar-refractivity contribution in [2.75, 3.05) is 33.6 Å². The summed E-state index contributed by atoms with van der Waals surface area (Å²) >= 11 is 0. The van der Waals surface area contributed by atoms with Crippen molar-refractivity contribution in [2.24, 2.45) is 5.92 Å². The SMILES string of the molecule is COCC(=O)N1CCC2NNC(c3ccc4c(c3)OCO4)C2C1. The van der Waals surface area contributed by atoms with Crippen molar-refractivity contribution in [1.82, 2.24) is 15.8 Å². The van der Waals surface area contributed by atoms with E-state index in [-0.39, 0.29) is 25.3 Å². The number of nitrogens with one attached hydrogen (secondary N) is 2. The van der Waals surface area contributed by atoms with E-state index in [2.05, 4.69) is 16.9 Å². The van der Waals surface area contributed by atoms with Crippen LogP contribution in [0.15, 0.2) is 18.2 Å². The van der Waals surface area contributed by atoms with Gasteiger partial charge in [0.15, 0.2) is 11.5 Å². The first-order chi connectivity index (χ1) is 11.3. The first-order valence-corrected chi connectivity index (χ1v) is 7.93. The van der Waals surface area contributed by atoms with Crippen molar-refractivity contribution in [3.63, 3.8) is 0 Å². The Morgan fingerprint density at radius 2 is 2.22 bits per heavy atom. The minimum Gasteiger partial charge on any atom is -0.454 e. The average Bonchev–Trinajstić information content (AvgIpc) is 3.20. The van der Waals surface area contributed by atoms with Gasteiger partial charge in [0.25, 0.3) is 0 Å². The molecule has 1 amide bonds. The molecule has 3 aliphatic heterocycles. The highest BCUT2D eigenvalue weighted by Gasteiger charge is 2.41. The fourth-order valence-corrected chi connectivity index (χ4v) is 3.68. The molecule has 2 N–H and O–H groups in total. The topological polar surface area (TPSA) is 72.1 Å². The molecule has 2 saturated heterocycles. The molecular weight excluding hydrogens is 298 g/mol. The maximum absolute atomic E-state index is 12.1. The molecular formula is C16H21N3O4. The lowest BCUT2D eigenvalue weighted by Crippen LogP contribution is -2.48. The predicted octanol–water partition coefficient (Wildman–Crippen LogP) is 0.428. The van der Waals surface area contributed by atoms with Gasteiger partial charge < -0.3 is 19.1 Å². The number of hydrogen-bond donors (Lipinski definition) is 2. The molecule has 3 atom stereocenters. The quantitative estimate of drug-likeness (QED) is 0.842. The van der Waals surface area contributed by atoms with E-state index in [0.29, 0.717) is 12.0 Å². The fourth-order valence-electron chi connectivity index (χ4n) is 3.68. The van der Waals surface area contributed by atoms with E-state index >= 15 is 0 Å². The van der Waals surface area contributed by atoms with Crippen LogP contribution in [0.1, 0.15) is 18.0 Å². The summed E-state index contributed by atoms with van der Waals surface area (Å²) in [6.07, 6.45) is 0.939. The van der Waals surface area contributed by atoms with E-state index in [0.717, 1.165) is 36.6 Å². The summed E-state index contributed by atoms with van der Waals surface area (Å²) in [5.41, 5.74) is 7.91. The third-order valence-electron chi connectivity index (χ3n) is 4.89. The molecule has 0 saturated carbocycles. The Bertz CT molecular complexity index is 609. The number of hydrazine groups is 1. The maximum atomic E-state index is 12.1. The highest BCUT2D eigenvalue weighted by atomic mass is 16.7. The summed E-state index contributed by atoms with van der Waals surface area (Å²) in [7, 11) is 1.55. The van der Waals surface area contributed by atoms with E-state index < -0.39 is 0 Å². The number of rotatable bonds is 3. The van der Waals surface area contributed by atoms with Crippen LogP contribution in [0, 0.1) is 5.92 Å². The summed E-state index contributed by atoms with van der Waals surface area (Å²) in [6.45, 7) is 1.92. The Labute approximate surface area is 134 Å². The largest absolute Gasteiger partial charge is 0.454 e. The number of fused-ring (bicyclic) bond motifs is 2. The van der Waals surface area contributed by atoms with Crippen LogP contribution in [-0.4, -0.2) is 50.4 Å². The van der Waals surface area contributed by atoms with Crippen molar-refractivity contribution < 1.29 is 19.0 Å². The summed E-state index contributed by atoms with van der Waals surface area (Å²) in [5, 5.41) is 0. The molecule has 23 heavy (non-hydrogen) atoms. The molecule has 0 bridgehead atoms. The predicted molar refractivity (Wildman–Crippen MR) is 81.9 cm³/mol. The van der Waals surface area contributed by atoms with Crippen LogP contribution in [0.25, 0.3) is 0 Å². The number of benzene rings is 1. The lowest BCUT2D eigenvalue weighted by Gasteiger charge is -2.36. The number of hydrogen-bond acceptors (Lipinski definition) is 6. The number of amides is 1. The number of likely N-dealkylation sites (tertiary alicyclic amines) is 1. The molecule has 3 heterocycles. The number of carbonyl (C=O) groups is 1. The van der Waals surface area contributed by atoms with Gasteiger partial charge in [-0.1, -0.05) is 6.07 Å². The van der Waals surface area contributed by atoms with Crippen molar-refractivity contribution in [3.8, 4) is 11.5 Å². The van der Waals surface area contributed by atoms with Gasteiger partial charge in [0.05, 0.1) is 6.04 Å². The Balaban J connectivity index is 1.52. The summed E-state index contributed by atoms with van der Waals surface area (Å²) in [6, 6.07) is 6.55.